The molecular formula is C13H10ClF2N. The highest BCUT2D eigenvalue weighted by molar-refractivity contribution is 6.33. The van der Waals surface area contributed by atoms with E-state index in [1.807, 2.05) is 0 Å². The van der Waals surface area contributed by atoms with E-state index in [-0.39, 0.29) is 11.6 Å². The summed E-state index contributed by atoms with van der Waals surface area (Å²) in [5.41, 5.74) is 6.92. The van der Waals surface area contributed by atoms with E-state index in [0.717, 1.165) is 6.07 Å². The van der Waals surface area contributed by atoms with Crippen LogP contribution in [0, 0.1) is 11.6 Å². The summed E-state index contributed by atoms with van der Waals surface area (Å²) in [5.74, 6) is -0.862. The summed E-state index contributed by atoms with van der Waals surface area (Å²) >= 11 is 5.88. The first-order valence-electron chi connectivity index (χ1n) is 5.05. The van der Waals surface area contributed by atoms with E-state index in [4.69, 9.17) is 17.3 Å². The summed E-state index contributed by atoms with van der Waals surface area (Å²) in [5, 5.41) is 0.185. The molecule has 0 aliphatic heterocycles. The third-order valence-corrected chi connectivity index (χ3v) is 2.80. The van der Waals surface area contributed by atoms with Crippen molar-refractivity contribution < 1.29 is 8.78 Å². The standard InChI is InChI=1S/C13H10ClF2N/c14-12-6-9(15)2-4-10(12)11-3-1-8(7-17)5-13(11)16/h1-6H,7,17H2. The molecule has 2 rings (SSSR count). The summed E-state index contributed by atoms with van der Waals surface area (Å²) in [4.78, 5) is 0. The van der Waals surface area contributed by atoms with Crippen LogP contribution in [0.4, 0.5) is 8.78 Å². The fourth-order valence-electron chi connectivity index (χ4n) is 1.61. The van der Waals surface area contributed by atoms with Crippen molar-refractivity contribution in [3.05, 3.63) is 58.6 Å². The van der Waals surface area contributed by atoms with Gasteiger partial charge < -0.3 is 5.73 Å². The van der Waals surface area contributed by atoms with Crippen molar-refractivity contribution in [3.8, 4) is 11.1 Å². The molecule has 2 N–H and O–H groups in total. The lowest BCUT2D eigenvalue weighted by molar-refractivity contribution is 0.625. The summed E-state index contributed by atoms with van der Waals surface area (Å²) in [6.45, 7) is 0.272. The Morgan fingerprint density at radius 1 is 1.00 bits per heavy atom. The first-order chi connectivity index (χ1) is 8.11. The molecular weight excluding hydrogens is 244 g/mol. The van der Waals surface area contributed by atoms with Gasteiger partial charge in [0.15, 0.2) is 0 Å². The quantitative estimate of drug-likeness (QED) is 0.867. The van der Waals surface area contributed by atoms with Gasteiger partial charge in [-0.05, 0) is 29.8 Å². The van der Waals surface area contributed by atoms with E-state index in [2.05, 4.69) is 0 Å². The van der Waals surface area contributed by atoms with Crippen LogP contribution in [0.5, 0.6) is 0 Å². The van der Waals surface area contributed by atoms with Gasteiger partial charge in [0.2, 0.25) is 0 Å². The molecule has 4 heteroatoms. The SMILES string of the molecule is NCc1ccc(-c2ccc(F)cc2Cl)c(F)c1. The molecule has 0 heterocycles. The van der Waals surface area contributed by atoms with E-state index in [1.54, 1.807) is 12.1 Å². The maximum Gasteiger partial charge on any atom is 0.131 e. The molecule has 2 aromatic rings. The van der Waals surface area contributed by atoms with Crippen LogP contribution in [0.25, 0.3) is 11.1 Å². The minimum Gasteiger partial charge on any atom is -0.326 e. The molecule has 2 aromatic carbocycles. The van der Waals surface area contributed by atoms with Crippen LogP contribution < -0.4 is 5.73 Å². The number of nitrogens with two attached hydrogens (primary N) is 1. The number of hydrogen-bond donors (Lipinski definition) is 1. The van der Waals surface area contributed by atoms with Crippen molar-refractivity contribution in [2.75, 3.05) is 0 Å². The molecule has 0 saturated carbocycles. The van der Waals surface area contributed by atoms with Crippen molar-refractivity contribution in [1.29, 1.82) is 0 Å². The van der Waals surface area contributed by atoms with Gasteiger partial charge in [0, 0.05) is 17.7 Å². The first-order valence-corrected chi connectivity index (χ1v) is 5.43. The Morgan fingerprint density at radius 2 is 1.71 bits per heavy atom. The number of halogens is 3. The molecule has 0 aromatic heterocycles. The van der Waals surface area contributed by atoms with Gasteiger partial charge in [0.25, 0.3) is 0 Å². The highest BCUT2D eigenvalue weighted by atomic mass is 35.5. The lowest BCUT2D eigenvalue weighted by atomic mass is 10.0. The van der Waals surface area contributed by atoms with Crippen LogP contribution in [0.2, 0.25) is 5.02 Å². The topological polar surface area (TPSA) is 26.0 Å². The first kappa shape index (κ1) is 12.0. The zero-order chi connectivity index (χ0) is 12.4. The third kappa shape index (κ3) is 2.46. The predicted molar refractivity (Wildman–Crippen MR) is 64.7 cm³/mol. The average molecular weight is 254 g/mol. The normalized spacial score (nSPS) is 10.6. The Morgan fingerprint density at radius 3 is 2.29 bits per heavy atom. The van der Waals surface area contributed by atoms with Crippen molar-refractivity contribution in [1.82, 2.24) is 0 Å². The minimum absolute atomic E-state index is 0.185. The second-order valence-corrected chi connectivity index (χ2v) is 4.05. The lowest BCUT2D eigenvalue weighted by Crippen LogP contribution is -1.97. The van der Waals surface area contributed by atoms with Crippen molar-refractivity contribution in [2.45, 2.75) is 6.54 Å². The molecule has 0 unspecified atom stereocenters. The van der Waals surface area contributed by atoms with Crippen LogP contribution in [-0.2, 0) is 6.54 Å². The Bertz CT molecular complexity index is 555. The molecule has 1 nitrogen and oxygen atoms in total. The summed E-state index contributed by atoms with van der Waals surface area (Å²) in [6, 6.07) is 8.53. The smallest absolute Gasteiger partial charge is 0.131 e. The Hall–Kier alpha value is -1.45. The van der Waals surface area contributed by atoms with Gasteiger partial charge in [-0.15, -0.1) is 0 Å². The summed E-state index contributed by atoms with van der Waals surface area (Å²) in [7, 11) is 0. The molecule has 0 spiro atoms. The Labute approximate surface area is 103 Å². The lowest BCUT2D eigenvalue weighted by Gasteiger charge is -2.07. The molecule has 0 aliphatic carbocycles. The van der Waals surface area contributed by atoms with Crippen LogP contribution >= 0.6 is 11.6 Å². The molecule has 0 bridgehead atoms. The highest BCUT2D eigenvalue weighted by Gasteiger charge is 2.10. The molecule has 17 heavy (non-hydrogen) atoms. The van der Waals surface area contributed by atoms with Gasteiger partial charge >= 0.3 is 0 Å². The van der Waals surface area contributed by atoms with Crippen molar-refractivity contribution >= 4 is 11.6 Å². The average Bonchev–Trinajstić information content (AvgIpc) is 2.30. The molecule has 0 saturated heterocycles. The van der Waals surface area contributed by atoms with Crippen LogP contribution in [0.1, 0.15) is 5.56 Å². The van der Waals surface area contributed by atoms with Crippen molar-refractivity contribution in [2.24, 2.45) is 5.73 Å². The molecule has 0 fully saturated rings. The zero-order valence-corrected chi connectivity index (χ0v) is 9.64. The van der Waals surface area contributed by atoms with Gasteiger partial charge in [0.1, 0.15) is 11.6 Å². The van der Waals surface area contributed by atoms with Crippen LogP contribution in [-0.4, -0.2) is 0 Å². The molecule has 0 radical (unpaired) electrons. The third-order valence-electron chi connectivity index (χ3n) is 2.49. The zero-order valence-electron chi connectivity index (χ0n) is 8.88. The summed E-state index contributed by atoms with van der Waals surface area (Å²) < 4.78 is 26.7. The number of benzene rings is 2. The second-order valence-electron chi connectivity index (χ2n) is 3.64. The van der Waals surface area contributed by atoms with Gasteiger partial charge in [-0.3, -0.25) is 0 Å². The van der Waals surface area contributed by atoms with E-state index < -0.39 is 11.6 Å². The maximum atomic E-state index is 13.8. The highest BCUT2D eigenvalue weighted by Crippen LogP contribution is 2.30. The monoisotopic (exact) mass is 253 g/mol. The maximum absolute atomic E-state index is 13.8. The molecule has 0 amide bonds. The van der Waals surface area contributed by atoms with Crippen LogP contribution in [0.15, 0.2) is 36.4 Å². The van der Waals surface area contributed by atoms with Gasteiger partial charge in [-0.2, -0.15) is 0 Å². The van der Waals surface area contributed by atoms with E-state index in [9.17, 15) is 8.78 Å². The second kappa shape index (κ2) is 4.82. The summed E-state index contributed by atoms with van der Waals surface area (Å²) in [6.07, 6.45) is 0. The molecule has 0 aliphatic rings. The van der Waals surface area contributed by atoms with E-state index in [0.29, 0.717) is 16.7 Å². The van der Waals surface area contributed by atoms with Gasteiger partial charge in [-0.25, -0.2) is 8.78 Å². The van der Waals surface area contributed by atoms with Crippen molar-refractivity contribution in [3.63, 3.8) is 0 Å². The van der Waals surface area contributed by atoms with Gasteiger partial charge in [0.05, 0.1) is 5.02 Å². The van der Waals surface area contributed by atoms with Crippen LogP contribution in [0.3, 0.4) is 0 Å². The minimum atomic E-state index is -0.447. The molecule has 0 atom stereocenters. The number of rotatable bonds is 2. The van der Waals surface area contributed by atoms with E-state index >= 15 is 0 Å². The fourth-order valence-corrected chi connectivity index (χ4v) is 1.88. The Kier molecular flexibility index (Phi) is 3.41. The fraction of sp³-hybridized carbons (Fsp3) is 0.0769. The molecule has 88 valence electrons. The largest absolute Gasteiger partial charge is 0.326 e. The van der Waals surface area contributed by atoms with E-state index in [1.165, 1.54) is 18.2 Å². The van der Waals surface area contributed by atoms with Gasteiger partial charge in [-0.1, -0.05) is 23.7 Å². The number of hydrogen-bond acceptors (Lipinski definition) is 1. The Balaban J connectivity index is 2.53. The predicted octanol–water partition coefficient (Wildman–Crippen LogP) is 3.74.